The van der Waals surface area contributed by atoms with Gasteiger partial charge in [-0.05, 0) is 6.07 Å². The van der Waals surface area contributed by atoms with Gasteiger partial charge in [0.15, 0.2) is 0 Å². The third kappa shape index (κ3) is 1.49. The Morgan fingerprint density at radius 2 is 2.08 bits per heavy atom. The summed E-state index contributed by atoms with van der Waals surface area (Å²) >= 11 is 0. The fourth-order valence-corrected chi connectivity index (χ4v) is 2.11. The molecule has 0 fully saturated rings. The van der Waals surface area contributed by atoms with E-state index in [9.17, 15) is 0 Å². The van der Waals surface area contributed by atoms with Crippen LogP contribution in [0.25, 0.3) is 11.0 Å². The molecule has 0 spiro atoms. The van der Waals surface area contributed by atoms with E-state index in [-0.39, 0.29) is 0 Å². The van der Waals surface area contributed by atoms with Crippen molar-refractivity contribution < 1.29 is 0 Å². The summed E-state index contributed by atoms with van der Waals surface area (Å²) in [5.74, 6) is 0. The van der Waals surface area contributed by atoms with Gasteiger partial charge in [0.2, 0.25) is 0 Å². The molecule has 2 aromatic heterocycles. The van der Waals surface area contributed by atoms with Crippen molar-refractivity contribution in [1.29, 1.82) is 0 Å². The number of hydrogen-bond acceptors (Lipinski definition) is 2. The van der Waals surface area contributed by atoms with Gasteiger partial charge in [-0.2, -0.15) is 0 Å². The predicted molar refractivity (Wildman–Crippen MR) is 56.9 cm³/mol. The molecule has 0 saturated carbocycles. The first-order valence-corrected chi connectivity index (χ1v) is 7.88. The lowest BCUT2D eigenvalue weighted by molar-refractivity contribution is 1.26. The monoisotopic (exact) mass is 191 g/mol. The van der Waals surface area contributed by atoms with Crippen molar-refractivity contribution in [2.45, 2.75) is 19.6 Å². The Morgan fingerprint density at radius 1 is 1.31 bits per heavy atom. The fourth-order valence-electron chi connectivity index (χ4n) is 1.21. The zero-order valence-corrected chi connectivity index (χ0v) is 9.13. The van der Waals surface area contributed by atoms with Crippen molar-refractivity contribution in [3.63, 3.8) is 0 Å². The van der Waals surface area contributed by atoms with E-state index in [1.807, 2.05) is 18.5 Å². The first kappa shape index (κ1) is 8.44. The summed E-state index contributed by atoms with van der Waals surface area (Å²) in [5, 5.41) is 0. The molecule has 0 bridgehead atoms. The average Bonchev–Trinajstić information content (AvgIpc) is 2.47. The largest absolute Gasteiger partial charge is 0.359 e. The highest BCUT2D eigenvalue weighted by molar-refractivity contribution is 6.87. The van der Waals surface area contributed by atoms with E-state index >= 15 is 0 Å². The summed E-state index contributed by atoms with van der Waals surface area (Å²) in [4.78, 5) is 12.0. The second kappa shape index (κ2) is 2.66. The second-order valence-electron chi connectivity index (χ2n) is 4.22. The number of nitrogens with one attached hydrogen (secondary N) is 1. The molecule has 0 unspecified atom stereocenters. The molecule has 0 amide bonds. The minimum absolute atomic E-state index is 1.02. The van der Waals surface area contributed by atoms with E-state index in [1.165, 1.54) is 0 Å². The van der Waals surface area contributed by atoms with Gasteiger partial charge >= 0.3 is 0 Å². The van der Waals surface area contributed by atoms with Crippen LogP contribution in [0.4, 0.5) is 0 Å². The summed E-state index contributed by atoms with van der Waals surface area (Å²) in [6.07, 6.45) is 3.77. The smallest absolute Gasteiger partial charge is 0.125 e. The molecule has 2 rings (SSSR count). The van der Waals surface area contributed by atoms with Crippen molar-refractivity contribution >= 4 is 24.6 Å². The van der Waals surface area contributed by atoms with Crippen molar-refractivity contribution in [1.82, 2.24) is 15.0 Å². The fraction of sp³-hybridized carbons (Fsp3) is 0.333. The molecular weight excluding hydrogens is 178 g/mol. The van der Waals surface area contributed by atoms with Crippen LogP contribution in [0.2, 0.25) is 19.6 Å². The maximum Gasteiger partial charge on any atom is 0.125 e. The van der Waals surface area contributed by atoms with Gasteiger partial charge in [0.1, 0.15) is 13.5 Å². The van der Waals surface area contributed by atoms with E-state index in [0.29, 0.717) is 0 Å². The Bertz CT molecular complexity index is 428. The van der Waals surface area contributed by atoms with Crippen LogP contribution in [-0.2, 0) is 0 Å². The highest BCUT2D eigenvalue weighted by atomic mass is 28.3. The number of rotatable bonds is 1. The van der Waals surface area contributed by atoms with Gasteiger partial charge in [0.25, 0.3) is 0 Å². The van der Waals surface area contributed by atoms with Crippen LogP contribution in [0.15, 0.2) is 18.5 Å². The van der Waals surface area contributed by atoms with E-state index in [0.717, 1.165) is 16.5 Å². The summed E-state index contributed by atoms with van der Waals surface area (Å²) < 4.78 is 0. The number of nitrogens with zero attached hydrogens (tertiary/aromatic N) is 2. The molecule has 0 aliphatic rings. The van der Waals surface area contributed by atoms with Gasteiger partial charge in [-0.15, -0.1) is 0 Å². The molecule has 1 N–H and O–H groups in total. The molecule has 0 radical (unpaired) electrons. The standard InChI is InChI=1S/C9H13N3Si/c1-13(2,3)9-11-6-8-7(12-9)4-5-10-8/h4-6,10H,1-3H3. The zero-order valence-electron chi connectivity index (χ0n) is 8.13. The molecule has 0 aromatic carbocycles. The van der Waals surface area contributed by atoms with E-state index < -0.39 is 8.07 Å². The quantitative estimate of drug-likeness (QED) is 0.694. The predicted octanol–water partition coefficient (Wildman–Crippen LogP) is 1.50. The lowest BCUT2D eigenvalue weighted by Gasteiger charge is -2.12. The van der Waals surface area contributed by atoms with Gasteiger partial charge in [0, 0.05) is 6.20 Å². The van der Waals surface area contributed by atoms with Crippen molar-refractivity contribution in [2.75, 3.05) is 0 Å². The SMILES string of the molecule is C[Si](C)(C)c1ncc2[nH]ccc2n1. The van der Waals surface area contributed by atoms with E-state index in [4.69, 9.17) is 0 Å². The van der Waals surface area contributed by atoms with Crippen LogP contribution in [0.3, 0.4) is 0 Å². The molecule has 13 heavy (non-hydrogen) atoms. The number of aromatic nitrogens is 3. The van der Waals surface area contributed by atoms with Gasteiger partial charge in [-0.1, -0.05) is 19.6 Å². The number of aromatic amines is 1. The van der Waals surface area contributed by atoms with Gasteiger partial charge in [-0.25, -0.2) is 9.97 Å². The Hall–Kier alpha value is -1.16. The number of H-pyrrole nitrogens is 1. The second-order valence-corrected chi connectivity index (χ2v) is 9.17. The summed E-state index contributed by atoms with van der Waals surface area (Å²) in [6.45, 7) is 6.75. The van der Waals surface area contributed by atoms with Gasteiger partial charge in [0.05, 0.1) is 17.2 Å². The van der Waals surface area contributed by atoms with Crippen LogP contribution in [-0.4, -0.2) is 23.0 Å². The first-order valence-electron chi connectivity index (χ1n) is 4.38. The molecule has 3 nitrogen and oxygen atoms in total. The number of hydrogen-bond donors (Lipinski definition) is 1. The van der Waals surface area contributed by atoms with Crippen LogP contribution < -0.4 is 5.45 Å². The Balaban J connectivity index is 2.61. The molecule has 2 aromatic rings. The minimum Gasteiger partial charge on any atom is -0.359 e. The zero-order chi connectivity index (χ0) is 9.47. The molecule has 4 heteroatoms. The maximum atomic E-state index is 4.53. The normalized spacial score (nSPS) is 12.2. The molecule has 0 atom stereocenters. The first-order chi connectivity index (χ1) is 6.07. The third-order valence-electron chi connectivity index (χ3n) is 1.97. The topological polar surface area (TPSA) is 41.6 Å². The van der Waals surface area contributed by atoms with Crippen LogP contribution in [0.5, 0.6) is 0 Å². The van der Waals surface area contributed by atoms with Crippen molar-refractivity contribution in [3.8, 4) is 0 Å². The highest BCUT2D eigenvalue weighted by Gasteiger charge is 2.20. The van der Waals surface area contributed by atoms with Gasteiger partial charge < -0.3 is 4.98 Å². The van der Waals surface area contributed by atoms with Crippen molar-refractivity contribution in [2.24, 2.45) is 0 Å². The Kier molecular flexibility index (Phi) is 1.73. The third-order valence-corrected chi connectivity index (χ3v) is 3.55. The maximum absolute atomic E-state index is 4.53. The summed E-state index contributed by atoms with van der Waals surface area (Å²) in [7, 11) is -1.36. The lowest BCUT2D eigenvalue weighted by atomic mass is 10.5. The Labute approximate surface area is 78.2 Å². The van der Waals surface area contributed by atoms with Crippen LogP contribution in [0.1, 0.15) is 0 Å². The van der Waals surface area contributed by atoms with Gasteiger partial charge in [-0.3, -0.25) is 0 Å². The summed E-state index contributed by atoms with van der Waals surface area (Å²) in [5.41, 5.74) is 3.06. The average molecular weight is 191 g/mol. The highest BCUT2D eigenvalue weighted by Crippen LogP contribution is 2.06. The van der Waals surface area contributed by atoms with Crippen LogP contribution >= 0.6 is 0 Å². The molecule has 0 aliphatic heterocycles. The Morgan fingerprint density at radius 3 is 2.77 bits per heavy atom. The molecule has 0 aliphatic carbocycles. The molecule has 0 saturated heterocycles. The summed E-state index contributed by atoms with van der Waals surface area (Å²) in [6, 6.07) is 1.99. The van der Waals surface area contributed by atoms with E-state index in [2.05, 4.69) is 34.6 Å². The van der Waals surface area contributed by atoms with Crippen molar-refractivity contribution in [3.05, 3.63) is 18.5 Å². The minimum atomic E-state index is -1.36. The van der Waals surface area contributed by atoms with E-state index in [1.54, 1.807) is 0 Å². The lowest BCUT2D eigenvalue weighted by Crippen LogP contribution is -2.42. The number of fused-ring (bicyclic) bond motifs is 1. The molecular formula is C9H13N3Si. The molecule has 2 heterocycles. The van der Waals surface area contributed by atoms with Crippen LogP contribution in [0, 0.1) is 0 Å². The molecule has 68 valence electrons.